The Balaban J connectivity index is 1.57. The molecule has 0 saturated carbocycles. The van der Waals surface area contributed by atoms with Gasteiger partial charge in [-0.3, -0.25) is 4.79 Å². The summed E-state index contributed by atoms with van der Waals surface area (Å²) in [6.45, 7) is 3.81. The number of nitrogens with zero attached hydrogens (tertiary/aromatic N) is 3. The fourth-order valence-corrected chi connectivity index (χ4v) is 5.93. The molecule has 4 rings (SSSR count). The van der Waals surface area contributed by atoms with E-state index in [9.17, 15) is 18.5 Å². The minimum Gasteiger partial charge on any atom is -0.341 e. The van der Waals surface area contributed by atoms with Crippen molar-refractivity contribution in [1.29, 1.82) is 5.26 Å². The Morgan fingerprint density at radius 1 is 1.25 bits per heavy atom. The number of allylic oxidation sites excluding steroid dienone is 1. The predicted octanol–water partition coefficient (Wildman–Crippen LogP) is 2.92. The van der Waals surface area contributed by atoms with Crippen LogP contribution < -0.4 is 4.72 Å². The fraction of sp³-hybridized carbons (Fsp3) is 0.417. The van der Waals surface area contributed by atoms with Crippen molar-refractivity contribution >= 4 is 22.0 Å². The molecule has 0 bridgehead atoms. The number of aryl methyl sites for hydroxylation is 1. The number of carbonyl (C=O) groups excluding carboxylic acids is 1. The SMILES string of the molecule is CC1CCN(C(=O)C(CCn2cccc2C#N)NS(=O)(=O)c2cccc3c2CC=C3)CC1. The van der Waals surface area contributed by atoms with Gasteiger partial charge < -0.3 is 9.47 Å². The minimum absolute atomic E-state index is 0.197. The Kier molecular flexibility index (Phi) is 6.49. The maximum atomic E-state index is 13.4. The summed E-state index contributed by atoms with van der Waals surface area (Å²) in [6, 6.07) is 9.91. The Morgan fingerprint density at radius 3 is 2.78 bits per heavy atom. The van der Waals surface area contributed by atoms with Gasteiger partial charge in [-0.05, 0) is 60.9 Å². The van der Waals surface area contributed by atoms with Gasteiger partial charge in [-0.15, -0.1) is 0 Å². The molecule has 1 aliphatic heterocycles. The van der Waals surface area contributed by atoms with Gasteiger partial charge in [-0.1, -0.05) is 31.2 Å². The summed E-state index contributed by atoms with van der Waals surface area (Å²) in [4.78, 5) is 15.4. The number of amides is 1. The normalized spacial score (nSPS) is 17.2. The van der Waals surface area contributed by atoms with Gasteiger partial charge in [0.1, 0.15) is 17.8 Å². The molecule has 2 heterocycles. The summed E-state index contributed by atoms with van der Waals surface area (Å²) in [5, 5.41) is 9.27. The van der Waals surface area contributed by atoms with Gasteiger partial charge in [0.15, 0.2) is 0 Å². The highest BCUT2D eigenvalue weighted by atomic mass is 32.2. The summed E-state index contributed by atoms with van der Waals surface area (Å²) >= 11 is 0. The summed E-state index contributed by atoms with van der Waals surface area (Å²) in [7, 11) is -3.90. The first-order chi connectivity index (χ1) is 15.4. The highest BCUT2D eigenvalue weighted by molar-refractivity contribution is 7.89. The highest BCUT2D eigenvalue weighted by Crippen LogP contribution is 2.27. The molecule has 1 aromatic heterocycles. The lowest BCUT2D eigenvalue weighted by molar-refractivity contribution is -0.134. The number of piperidine rings is 1. The van der Waals surface area contributed by atoms with E-state index in [1.54, 1.807) is 39.9 Å². The van der Waals surface area contributed by atoms with Crippen LogP contribution in [-0.2, 0) is 27.8 Å². The lowest BCUT2D eigenvalue weighted by Gasteiger charge is -2.33. The maximum absolute atomic E-state index is 13.4. The summed E-state index contributed by atoms with van der Waals surface area (Å²) in [5.74, 6) is 0.364. The van der Waals surface area contributed by atoms with Crippen LogP contribution in [0.2, 0.25) is 0 Å². The maximum Gasteiger partial charge on any atom is 0.241 e. The Morgan fingerprint density at radius 2 is 2.03 bits per heavy atom. The number of benzene rings is 1. The summed E-state index contributed by atoms with van der Waals surface area (Å²) < 4.78 is 31.2. The number of sulfonamides is 1. The van der Waals surface area contributed by atoms with E-state index in [1.165, 1.54) is 0 Å². The zero-order chi connectivity index (χ0) is 22.7. The van der Waals surface area contributed by atoms with Crippen molar-refractivity contribution in [1.82, 2.24) is 14.2 Å². The molecule has 32 heavy (non-hydrogen) atoms. The van der Waals surface area contributed by atoms with Crippen LogP contribution in [0.15, 0.2) is 47.5 Å². The Labute approximate surface area is 189 Å². The molecule has 1 aromatic carbocycles. The first kappa shape index (κ1) is 22.3. The van der Waals surface area contributed by atoms with Crippen LogP contribution in [0.25, 0.3) is 6.08 Å². The standard InChI is InChI=1S/C24H28N4O3S/c1-18-10-14-28(15-11-18)24(29)22(12-16-27-13-4-7-20(27)17-25)26-32(30,31)23-9-3-6-19-5-2-8-21(19)23/h2-7,9,13,18,22,26H,8,10-12,14-16H2,1H3. The van der Waals surface area contributed by atoms with Crippen LogP contribution in [0.5, 0.6) is 0 Å². The van der Waals surface area contributed by atoms with Gasteiger partial charge in [0.05, 0.1) is 4.90 Å². The van der Waals surface area contributed by atoms with Crippen molar-refractivity contribution in [3.05, 3.63) is 59.4 Å². The first-order valence-corrected chi connectivity index (χ1v) is 12.5. The molecule has 1 aliphatic carbocycles. The van der Waals surface area contributed by atoms with Gasteiger partial charge in [0.25, 0.3) is 0 Å². The average Bonchev–Trinajstić information content (AvgIpc) is 3.45. The number of hydrogen-bond donors (Lipinski definition) is 1. The average molecular weight is 453 g/mol. The molecule has 2 aliphatic rings. The molecule has 1 amide bonds. The van der Waals surface area contributed by atoms with Gasteiger partial charge >= 0.3 is 0 Å². The second kappa shape index (κ2) is 9.31. The van der Waals surface area contributed by atoms with Gasteiger partial charge in [0, 0.05) is 25.8 Å². The Bertz CT molecular complexity index is 1170. The van der Waals surface area contributed by atoms with E-state index in [2.05, 4.69) is 17.7 Å². The molecule has 1 N–H and O–H groups in total. The van der Waals surface area contributed by atoms with E-state index < -0.39 is 16.1 Å². The molecule has 1 saturated heterocycles. The fourth-order valence-electron chi connectivity index (χ4n) is 4.42. The molecular weight excluding hydrogens is 424 g/mol. The number of carbonyl (C=O) groups is 1. The van der Waals surface area contributed by atoms with E-state index in [0.717, 1.165) is 24.0 Å². The van der Waals surface area contributed by atoms with E-state index in [4.69, 9.17) is 0 Å². The van der Waals surface area contributed by atoms with E-state index in [-0.39, 0.29) is 17.2 Å². The van der Waals surface area contributed by atoms with Crippen molar-refractivity contribution in [2.45, 2.75) is 50.1 Å². The van der Waals surface area contributed by atoms with Crippen molar-refractivity contribution in [3.8, 4) is 6.07 Å². The van der Waals surface area contributed by atoms with Crippen molar-refractivity contribution in [2.75, 3.05) is 13.1 Å². The van der Waals surface area contributed by atoms with Crippen LogP contribution >= 0.6 is 0 Å². The van der Waals surface area contributed by atoms with Gasteiger partial charge in [-0.25, -0.2) is 8.42 Å². The lowest BCUT2D eigenvalue weighted by atomic mass is 9.98. The molecular formula is C24H28N4O3S. The van der Waals surface area contributed by atoms with Crippen LogP contribution in [0, 0.1) is 17.2 Å². The zero-order valence-electron chi connectivity index (χ0n) is 18.2. The first-order valence-electron chi connectivity index (χ1n) is 11.0. The second-order valence-corrected chi connectivity index (χ2v) is 10.3. The van der Waals surface area contributed by atoms with Gasteiger partial charge in [-0.2, -0.15) is 9.98 Å². The molecule has 0 radical (unpaired) electrons. The molecule has 7 nitrogen and oxygen atoms in total. The monoisotopic (exact) mass is 452 g/mol. The van der Waals surface area contributed by atoms with Crippen molar-refractivity contribution < 1.29 is 13.2 Å². The third kappa shape index (κ3) is 4.64. The topological polar surface area (TPSA) is 95.2 Å². The second-order valence-electron chi connectivity index (χ2n) is 8.60. The van der Waals surface area contributed by atoms with Crippen LogP contribution in [0.3, 0.4) is 0 Å². The van der Waals surface area contributed by atoms with Crippen LogP contribution in [0.4, 0.5) is 0 Å². The molecule has 168 valence electrons. The number of nitrogens with one attached hydrogen (secondary N) is 1. The number of fused-ring (bicyclic) bond motifs is 1. The summed E-state index contributed by atoms with van der Waals surface area (Å²) in [6.07, 6.45) is 8.29. The number of likely N-dealkylation sites (tertiary alicyclic amines) is 1. The quantitative estimate of drug-likeness (QED) is 0.699. The molecule has 1 unspecified atom stereocenters. The predicted molar refractivity (Wildman–Crippen MR) is 122 cm³/mol. The lowest BCUT2D eigenvalue weighted by Crippen LogP contribution is -2.51. The molecule has 1 fully saturated rings. The number of hydrogen-bond acceptors (Lipinski definition) is 4. The van der Waals surface area contributed by atoms with Crippen molar-refractivity contribution in [3.63, 3.8) is 0 Å². The van der Waals surface area contributed by atoms with E-state index >= 15 is 0 Å². The smallest absolute Gasteiger partial charge is 0.241 e. The summed E-state index contributed by atoms with van der Waals surface area (Å²) in [5.41, 5.74) is 2.14. The molecule has 0 spiro atoms. The highest BCUT2D eigenvalue weighted by Gasteiger charge is 2.32. The minimum atomic E-state index is -3.90. The van der Waals surface area contributed by atoms with Crippen molar-refractivity contribution in [2.24, 2.45) is 5.92 Å². The Hall–Kier alpha value is -2.89. The molecule has 1 atom stereocenters. The third-order valence-corrected chi connectivity index (χ3v) is 7.93. The van der Waals surface area contributed by atoms with E-state index in [0.29, 0.717) is 37.7 Å². The molecule has 2 aromatic rings. The third-order valence-electron chi connectivity index (χ3n) is 6.37. The van der Waals surface area contributed by atoms with Gasteiger partial charge in [0.2, 0.25) is 15.9 Å². The van der Waals surface area contributed by atoms with E-state index in [1.807, 2.05) is 18.2 Å². The number of nitriles is 1. The zero-order valence-corrected chi connectivity index (χ0v) is 19.0. The molecule has 8 heteroatoms. The largest absolute Gasteiger partial charge is 0.341 e. The number of rotatable bonds is 7. The van der Waals surface area contributed by atoms with Crippen LogP contribution in [-0.4, -0.2) is 42.9 Å². The number of aromatic nitrogens is 1. The van der Waals surface area contributed by atoms with Crippen LogP contribution in [0.1, 0.15) is 43.0 Å².